The average Bonchev–Trinajstić information content (AvgIpc) is 2.55. The number of methoxy groups -OCH3 is 2. The van der Waals surface area contributed by atoms with Gasteiger partial charge in [0.15, 0.2) is 5.11 Å². The first-order valence-electron chi connectivity index (χ1n) is 6.72. The molecule has 0 saturated carbocycles. The fourth-order valence-corrected chi connectivity index (χ4v) is 2.47. The molecule has 0 heterocycles. The van der Waals surface area contributed by atoms with Crippen molar-refractivity contribution in [1.82, 2.24) is 5.32 Å². The smallest absolute Gasteiger partial charge is 0.175 e. The fraction of sp³-hybridized carbons (Fsp3) is 0.188. The predicted molar refractivity (Wildman–Crippen MR) is 94.6 cm³/mol. The molecule has 7 heteroatoms. The van der Waals surface area contributed by atoms with Crippen LogP contribution in [0.5, 0.6) is 11.5 Å². The summed E-state index contributed by atoms with van der Waals surface area (Å²) >= 11 is 11.4. The SMILES string of the molecule is COc1cc(OC)c(NC(=S)NC2=CC[CH]C(C#N)=C2)cc1Cl. The van der Waals surface area contributed by atoms with E-state index >= 15 is 0 Å². The first kappa shape index (κ1) is 17.1. The molecule has 0 aliphatic heterocycles. The second-order valence-corrected chi connectivity index (χ2v) is 5.39. The maximum atomic E-state index is 8.93. The highest BCUT2D eigenvalue weighted by Crippen LogP contribution is 2.35. The van der Waals surface area contributed by atoms with Crippen LogP contribution in [0, 0.1) is 17.8 Å². The summed E-state index contributed by atoms with van der Waals surface area (Å²) in [5.41, 5.74) is 1.98. The molecule has 0 amide bonds. The molecule has 5 nitrogen and oxygen atoms in total. The molecule has 0 aromatic heterocycles. The number of rotatable bonds is 4. The molecule has 0 spiro atoms. The van der Waals surface area contributed by atoms with Gasteiger partial charge in [-0.3, -0.25) is 0 Å². The van der Waals surface area contributed by atoms with Crippen molar-refractivity contribution in [3.05, 3.63) is 47.0 Å². The fourth-order valence-electron chi connectivity index (χ4n) is 2.01. The summed E-state index contributed by atoms with van der Waals surface area (Å²) in [5.74, 6) is 1.06. The van der Waals surface area contributed by atoms with Crippen LogP contribution in [0.3, 0.4) is 0 Å². The number of nitrogens with one attached hydrogen (secondary N) is 2. The van der Waals surface area contributed by atoms with E-state index in [0.29, 0.717) is 39.3 Å². The lowest BCUT2D eigenvalue weighted by Gasteiger charge is -2.17. The minimum atomic E-state index is 0.367. The first-order valence-corrected chi connectivity index (χ1v) is 7.50. The van der Waals surface area contributed by atoms with Gasteiger partial charge < -0.3 is 20.1 Å². The Bertz CT molecular complexity index is 723. The summed E-state index contributed by atoms with van der Waals surface area (Å²) in [6.45, 7) is 0. The van der Waals surface area contributed by atoms with Gasteiger partial charge in [0.1, 0.15) is 11.5 Å². The molecule has 1 aliphatic rings. The van der Waals surface area contributed by atoms with Crippen molar-refractivity contribution >= 4 is 34.6 Å². The number of hydrogen-bond donors (Lipinski definition) is 2. The van der Waals surface area contributed by atoms with Crippen LogP contribution in [0.25, 0.3) is 0 Å². The molecule has 1 radical (unpaired) electrons. The number of allylic oxidation sites excluding steroid dienone is 3. The molecule has 0 fully saturated rings. The Morgan fingerprint density at radius 1 is 1.26 bits per heavy atom. The third-order valence-electron chi connectivity index (χ3n) is 3.10. The van der Waals surface area contributed by atoms with E-state index in [1.165, 1.54) is 7.11 Å². The van der Waals surface area contributed by atoms with E-state index in [-0.39, 0.29) is 0 Å². The lowest BCUT2D eigenvalue weighted by molar-refractivity contribution is 0.396. The van der Waals surface area contributed by atoms with Crippen LogP contribution in [0.2, 0.25) is 5.02 Å². The monoisotopic (exact) mass is 348 g/mol. The van der Waals surface area contributed by atoms with Crippen molar-refractivity contribution in [2.24, 2.45) is 0 Å². The van der Waals surface area contributed by atoms with Crippen LogP contribution in [0.4, 0.5) is 5.69 Å². The number of anilines is 1. The first-order chi connectivity index (χ1) is 11.1. The van der Waals surface area contributed by atoms with Crippen LogP contribution in [0.15, 0.2) is 35.6 Å². The zero-order valence-electron chi connectivity index (χ0n) is 12.6. The molecule has 0 bridgehead atoms. The molecule has 1 aromatic rings. The highest BCUT2D eigenvalue weighted by molar-refractivity contribution is 7.80. The molecule has 1 aliphatic carbocycles. The van der Waals surface area contributed by atoms with Gasteiger partial charge in [-0.05, 0) is 30.8 Å². The van der Waals surface area contributed by atoms with E-state index in [1.54, 1.807) is 25.3 Å². The zero-order chi connectivity index (χ0) is 16.8. The largest absolute Gasteiger partial charge is 0.495 e. The van der Waals surface area contributed by atoms with E-state index in [9.17, 15) is 0 Å². The van der Waals surface area contributed by atoms with Crippen molar-refractivity contribution in [2.45, 2.75) is 6.42 Å². The molecule has 119 valence electrons. The normalized spacial score (nSPS) is 13.3. The van der Waals surface area contributed by atoms with Crippen molar-refractivity contribution in [1.29, 1.82) is 5.26 Å². The Morgan fingerprint density at radius 3 is 2.65 bits per heavy atom. The van der Waals surface area contributed by atoms with Gasteiger partial charge in [0.2, 0.25) is 0 Å². The lowest BCUT2D eigenvalue weighted by atomic mass is 10.0. The number of nitriles is 1. The average molecular weight is 349 g/mol. The third-order valence-corrected chi connectivity index (χ3v) is 3.60. The Balaban J connectivity index is 2.12. The summed E-state index contributed by atoms with van der Waals surface area (Å²) in [5, 5.41) is 15.8. The van der Waals surface area contributed by atoms with Crippen LogP contribution in [-0.2, 0) is 0 Å². The van der Waals surface area contributed by atoms with E-state index in [2.05, 4.69) is 16.7 Å². The van der Waals surface area contributed by atoms with Crippen molar-refractivity contribution in [3.63, 3.8) is 0 Å². The van der Waals surface area contributed by atoms with Gasteiger partial charge >= 0.3 is 0 Å². The lowest BCUT2D eigenvalue weighted by Crippen LogP contribution is -2.28. The maximum Gasteiger partial charge on any atom is 0.175 e. The molecule has 2 rings (SSSR count). The van der Waals surface area contributed by atoms with Gasteiger partial charge in [-0.15, -0.1) is 0 Å². The van der Waals surface area contributed by atoms with Crippen LogP contribution >= 0.6 is 23.8 Å². The van der Waals surface area contributed by atoms with Gasteiger partial charge in [-0.2, -0.15) is 5.26 Å². The van der Waals surface area contributed by atoms with E-state index in [1.807, 2.05) is 12.5 Å². The van der Waals surface area contributed by atoms with Crippen LogP contribution in [0.1, 0.15) is 6.42 Å². The molecule has 0 saturated heterocycles. The number of benzene rings is 1. The molecular weight excluding hydrogens is 334 g/mol. The summed E-state index contributed by atoms with van der Waals surface area (Å²) in [4.78, 5) is 0. The standard InChI is InChI=1S/C16H15ClN3O2S/c1-21-14-8-15(22-2)13(7-12(14)17)20-16(23)19-11-5-3-4-10(6-11)9-18/h4-8H,3H2,1-2H3,(H2,19,20,23). The number of halogens is 1. The molecule has 1 aromatic carbocycles. The second-order valence-electron chi connectivity index (χ2n) is 4.58. The van der Waals surface area contributed by atoms with Crippen LogP contribution < -0.4 is 20.1 Å². The number of ether oxygens (including phenoxy) is 2. The quantitative estimate of drug-likeness (QED) is 0.811. The van der Waals surface area contributed by atoms with Gasteiger partial charge in [-0.1, -0.05) is 17.7 Å². The van der Waals surface area contributed by atoms with Gasteiger partial charge in [0.05, 0.1) is 31.0 Å². The highest BCUT2D eigenvalue weighted by Gasteiger charge is 2.12. The topological polar surface area (TPSA) is 66.3 Å². The van der Waals surface area contributed by atoms with Crippen LogP contribution in [-0.4, -0.2) is 19.3 Å². The van der Waals surface area contributed by atoms with E-state index < -0.39 is 0 Å². The van der Waals surface area contributed by atoms with Crippen molar-refractivity contribution in [2.75, 3.05) is 19.5 Å². The summed E-state index contributed by atoms with van der Waals surface area (Å²) in [7, 11) is 3.08. The maximum absolute atomic E-state index is 8.93. The Labute approximate surface area is 145 Å². The Morgan fingerprint density at radius 2 is 2.00 bits per heavy atom. The van der Waals surface area contributed by atoms with Crippen molar-refractivity contribution in [3.8, 4) is 17.6 Å². The minimum Gasteiger partial charge on any atom is -0.495 e. The van der Waals surface area contributed by atoms with Gasteiger partial charge in [0, 0.05) is 23.8 Å². The van der Waals surface area contributed by atoms with E-state index in [4.69, 9.17) is 38.6 Å². The molecule has 2 N–H and O–H groups in total. The molecular formula is C16H15ClN3O2S. The van der Waals surface area contributed by atoms with Gasteiger partial charge in [-0.25, -0.2) is 0 Å². The summed E-state index contributed by atoms with van der Waals surface area (Å²) in [6, 6.07) is 5.45. The Kier molecular flexibility index (Phi) is 5.85. The molecule has 0 unspecified atom stereocenters. The minimum absolute atomic E-state index is 0.367. The van der Waals surface area contributed by atoms with Crippen molar-refractivity contribution < 1.29 is 9.47 Å². The van der Waals surface area contributed by atoms with E-state index in [0.717, 1.165) is 5.70 Å². The third kappa shape index (κ3) is 4.38. The molecule has 0 atom stereocenters. The molecule has 23 heavy (non-hydrogen) atoms. The van der Waals surface area contributed by atoms with Gasteiger partial charge in [0.25, 0.3) is 0 Å². The second kappa shape index (κ2) is 7.86. The zero-order valence-corrected chi connectivity index (χ0v) is 14.2. The predicted octanol–water partition coefficient (Wildman–Crippen LogP) is 3.59. The summed E-state index contributed by atoms with van der Waals surface area (Å²) < 4.78 is 10.5. The number of thiocarbonyl (C=S) groups is 1. The highest BCUT2D eigenvalue weighted by atomic mass is 35.5. The number of nitrogens with zero attached hydrogens (tertiary/aromatic N) is 1. The number of hydrogen-bond acceptors (Lipinski definition) is 4. The summed E-state index contributed by atoms with van der Waals surface area (Å²) in [6.07, 6.45) is 6.19. The Hall–Kier alpha value is -2.23.